The van der Waals surface area contributed by atoms with E-state index in [9.17, 15) is 0 Å². The van der Waals surface area contributed by atoms with Crippen molar-refractivity contribution in [2.75, 3.05) is 7.11 Å². The van der Waals surface area contributed by atoms with Crippen molar-refractivity contribution in [3.8, 4) is 0 Å². The maximum absolute atomic E-state index is 6.34. The molecule has 0 bridgehead atoms. The van der Waals surface area contributed by atoms with Gasteiger partial charge >= 0.3 is 0 Å². The molecule has 0 aromatic rings. The summed E-state index contributed by atoms with van der Waals surface area (Å²) in [6, 6.07) is 0. The number of ether oxygens (including phenoxy) is 2. The van der Waals surface area contributed by atoms with E-state index in [4.69, 9.17) is 9.47 Å². The van der Waals surface area contributed by atoms with Crippen LogP contribution in [0.3, 0.4) is 0 Å². The third-order valence-electron chi connectivity index (χ3n) is 4.80. The summed E-state index contributed by atoms with van der Waals surface area (Å²) in [4.78, 5) is 0. The van der Waals surface area contributed by atoms with Crippen LogP contribution in [0.4, 0.5) is 0 Å². The molecule has 3 saturated carbocycles. The molecule has 0 unspecified atom stereocenters. The maximum Gasteiger partial charge on any atom is 0.0982 e. The van der Waals surface area contributed by atoms with Crippen LogP contribution in [-0.4, -0.2) is 24.4 Å². The second-order valence-corrected chi connectivity index (χ2v) is 6.13. The summed E-state index contributed by atoms with van der Waals surface area (Å²) < 4.78 is 11.8. The molecular formula is C12H18O2. The topological polar surface area (TPSA) is 18.5 Å². The second kappa shape index (κ2) is 2.05. The lowest BCUT2D eigenvalue weighted by Gasteiger charge is -2.37. The fraction of sp³-hybridized carbons (Fsp3) is 1.00. The smallest absolute Gasteiger partial charge is 0.0982 e. The molecule has 14 heavy (non-hydrogen) atoms. The van der Waals surface area contributed by atoms with Gasteiger partial charge in [-0.05, 0) is 43.9 Å². The van der Waals surface area contributed by atoms with Gasteiger partial charge < -0.3 is 9.47 Å². The molecule has 4 fully saturated rings. The minimum absolute atomic E-state index is 0.167. The highest BCUT2D eigenvalue weighted by atomic mass is 16.6. The average Bonchev–Trinajstić information content (AvgIpc) is 3.05. The standard InChI is InChI=1S/C12H18O2/c1-13-9-6-12(9)8-10(2-3-10)7-11(14-12)4-5-11/h9H,2-8H2,1H3/t9-,12+/m0/s1. The van der Waals surface area contributed by atoms with Crippen LogP contribution in [-0.2, 0) is 9.47 Å². The van der Waals surface area contributed by atoms with Crippen LogP contribution in [0.5, 0.6) is 0 Å². The third-order valence-corrected chi connectivity index (χ3v) is 4.80. The van der Waals surface area contributed by atoms with Crippen molar-refractivity contribution >= 4 is 0 Å². The Hall–Kier alpha value is -0.0800. The van der Waals surface area contributed by atoms with E-state index < -0.39 is 0 Å². The summed E-state index contributed by atoms with van der Waals surface area (Å²) in [5.41, 5.74) is 1.18. The molecule has 2 heteroatoms. The summed E-state index contributed by atoms with van der Waals surface area (Å²) >= 11 is 0. The van der Waals surface area contributed by atoms with Crippen LogP contribution in [0.1, 0.15) is 44.9 Å². The van der Waals surface area contributed by atoms with Gasteiger partial charge in [0, 0.05) is 13.5 Å². The lowest BCUT2D eigenvalue weighted by Crippen LogP contribution is -2.39. The predicted octanol–water partition coefficient (Wildman–Crippen LogP) is 2.27. The molecule has 0 radical (unpaired) electrons. The van der Waals surface area contributed by atoms with Gasteiger partial charge in [-0.2, -0.15) is 0 Å². The number of rotatable bonds is 1. The fourth-order valence-corrected chi connectivity index (χ4v) is 3.68. The molecule has 3 aliphatic carbocycles. The highest BCUT2D eigenvalue weighted by Gasteiger charge is 2.71. The van der Waals surface area contributed by atoms with Crippen molar-refractivity contribution in [1.29, 1.82) is 0 Å². The van der Waals surface area contributed by atoms with Crippen LogP contribution in [0.25, 0.3) is 0 Å². The molecule has 1 aliphatic heterocycles. The fourth-order valence-electron chi connectivity index (χ4n) is 3.68. The van der Waals surface area contributed by atoms with Crippen LogP contribution >= 0.6 is 0 Å². The van der Waals surface area contributed by atoms with Crippen molar-refractivity contribution < 1.29 is 9.47 Å². The summed E-state index contributed by atoms with van der Waals surface area (Å²) in [5, 5.41) is 0. The summed E-state index contributed by atoms with van der Waals surface area (Å²) in [6.45, 7) is 0. The first-order valence-electron chi connectivity index (χ1n) is 5.93. The van der Waals surface area contributed by atoms with E-state index in [1.807, 2.05) is 7.11 Å². The Kier molecular flexibility index (Phi) is 1.19. The molecule has 78 valence electrons. The minimum Gasteiger partial charge on any atom is -0.378 e. The zero-order chi connectivity index (χ0) is 9.44. The first kappa shape index (κ1) is 8.12. The Morgan fingerprint density at radius 1 is 1.14 bits per heavy atom. The van der Waals surface area contributed by atoms with Gasteiger partial charge in [0.05, 0.1) is 17.3 Å². The third kappa shape index (κ3) is 0.938. The van der Waals surface area contributed by atoms with Crippen LogP contribution in [0, 0.1) is 5.41 Å². The van der Waals surface area contributed by atoms with Gasteiger partial charge in [0.2, 0.25) is 0 Å². The van der Waals surface area contributed by atoms with E-state index in [0.717, 1.165) is 6.42 Å². The van der Waals surface area contributed by atoms with Crippen LogP contribution in [0.15, 0.2) is 0 Å². The molecular weight excluding hydrogens is 176 g/mol. The lowest BCUT2D eigenvalue weighted by molar-refractivity contribution is -0.131. The Bertz CT molecular complexity index is 269. The Balaban J connectivity index is 1.63. The number of hydrogen-bond acceptors (Lipinski definition) is 2. The zero-order valence-electron chi connectivity index (χ0n) is 8.84. The Morgan fingerprint density at radius 2 is 1.93 bits per heavy atom. The molecule has 2 atom stereocenters. The minimum atomic E-state index is 0.167. The molecule has 4 aliphatic rings. The van der Waals surface area contributed by atoms with Gasteiger partial charge in [-0.1, -0.05) is 0 Å². The average molecular weight is 194 g/mol. The molecule has 0 amide bonds. The quantitative estimate of drug-likeness (QED) is 0.637. The van der Waals surface area contributed by atoms with Gasteiger partial charge in [-0.3, -0.25) is 0 Å². The van der Waals surface area contributed by atoms with Gasteiger partial charge in [-0.15, -0.1) is 0 Å². The molecule has 0 N–H and O–H groups in total. The van der Waals surface area contributed by atoms with Crippen LogP contribution in [0.2, 0.25) is 0 Å². The van der Waals surface area contributed by atoms with E-state index in [1.165, 1.54) is 38.5 Å². The maximum atomic E-state index is 6.34. The lowest BCUT2D eigenvalue weighted by atomic mass is 9.86. The SMILES string of the molecule is CO[C@H]1C[C@@]12CC1(CC1)CC1(CC1)O2. The monoisotopic (exact) mass is 194 g/mol. The predicted molar refractivity (Wildman–Crippen MR) is 52.1 cm³/mol. The van der Waals surface area contributed by atoms with Crippen molar-refractivity contribution in [2.45, 2.75) is 62.3 Å². The van der Waals surface area contributed by atoms with Crippen LogP contribution < -0.4 is 0 Å². The molecule has 1 saturated heterocycles. The number of hydrogen-bond donors (Lipinski definition) is 0. The molecule has 1 heterocycles. The number of methoxy groups -OCH3 is 1. The van der Waals surface area contributed by atoms with E-state index in [2.05, 4.69) is 0 Å². The summed E-state index contributed by atoms with van der Waals surface area (Å²) in [5.74, 6) is 0. The molecule has 2 nitrogen and oxygen atoms in total. The van der Waals surface area contributed by atoms with Gasteiger partial charge in [0.15, 0.2) is 0 Å². The molecule has 0 aromatic carbocycles. The highest BCUT2D eigenvalue weighted by molar-refractivity contribution is 5.21. The van der Waals surface area contributed by atoms with E-state index >= 15 is 0 Å². The molecule has 0 aromatic heterocycles. The van der Waals surface area contributed by atoms with E-state index in [-0.39, 0.29) is 5.60 Å². The Labute approximate surface area is 85.0 Å². The van der Waals surface area contributed by atoms with Crippen molar-refractivity contribution in [3.63, 3.8) is 0 Å². The molecule has 3 spiro atoms. The second-order valence-electron chi connectivity index (χ2n) is 6.13. The van der Waals surface area contributed by atoms with Crippen molar-refractivity contribution in [2.24, 2.45) is 5.41 Å². The normalized spacial score (nSPS) is 49.9. The van der Waals surface area contributed by atoms with Crippen molar-refractivity contribution in [1.82, 2.24) is 0 Å². The van der Waals surface area contributed by atoms with Gasteiger partial charge in [0.25, 0.3) is 0 Å². The van der Waals surface area contributed by atoms with Gasteiger partial charge in [0.1, 0.15) is 0 Å². The zero-order valence-corrected chi connectivity index (χ0v) is 8.84. The van der Waals surface area contributed by atoms with Gasteiger partial charge in [-0.25, -0.2) is 0 Å². The summed E-state index contributed by atoms with van der Waals surface area (Å²) in [6.07, 6.45) is 9.76. The summed E-state index contributed by atoms with van der Waals surface area (Å²) in [7, 11) is 1.83. The van der Waals surface area contributed by atoms with Crippen molar-refractivity contribution in [3.05, 3.63) is 0 Å². The first-order chi connectivity index (χ1) is 6.70. The highest BCUT2D eigenvalue weighted by Crippen LogP contribution is 2.71. The first-order valence-corrected chi connectivity index (χ1v) is 5.93. The van der Waals surface area contributed by atoms with E-state index in [0.29, 0.717) is 17.1 Å². The Morgan fingerprint density at radius 3 is 2.43 bits per heavy atom. The largest absolute Gasteiger partial charge is 0.378 e. The molecule has 4 rings (SSSR count). The van der Waals surface area contributed by atoms with E-state index in [1.54, 1.807) is 0 Å².